The van der Waals surface area contributed by atoms with Gasteiger partial charge < -0.3 is 10.1 Å². The van der Waals surface area contributed by atoms with Crippen LogP contribution in [0.3, 0.4) is 0 Å². The number of aryl methyl sites for hydroxylation is 2. The topological polar surface area (TPSA) is 55.4 Å². The number of ether oxygens (including phenoxy) is 1. The summed E-state index contributed by atoms with van der Waals surface area (Å²) in [5.74, 6) is -1.23. The van der Waals surface area contributed by atoms with Gasteiger partial charge in [0.25, 0.3) is 5.91 Å². The summed E-state index contributed by atoms with van der Waals surface area (Å²) in [6, 6.07) is 10.1. The molecule has 0 spiro atoms. The summed E-state index contributed by atoms with van der Waals surface area (Å²) in [4.78, 5) is 23.9. The molecular formula is C22H22F3NO3. The Morgan fingerprint density at radius 2 is 1.59 bits per heavy atom. The van der Waals surface area contributed by atoms with Gasteiger partial charge in [-0.25, -0.2) is 4.79 Å². The van der Waals surface area contributed by atoms with Gasteiger partial charge in [-0.2, -0.15) is 13.2 Å². The zero-order valence-electron chi connectivity index (χ0n) is 16.2. The fourth-order valence-corrected chi connectivity index (χ4v) is 2.71. The van der Waals surface area contributed by atoms with E-state index in [1.165, 1.54) is 18.2 Å². The van der Waals surface area contributed by atoms with Crippen molar-refractivity contribution in [3.8, 4) is 0 Å². The van der Waals surface area contributed by atoms with Gasteiger partial charge in [0.15, 0.2) is 6.61 Å². The second-order valence-corrected chi connectivity index (χ2v) is 6.27. The zero-order chi connectivity index (χ0) is 21.4. The van der Waals surface area contributed by atoms with Crippen molar-refractivity contribution in [3.05, 3.63) is 70.8 Å². The van der Waals surface area contributed by atoms with Crippen LogP contribution in [0.25, 0.3) is 6.08 Å². The Hall–Kier alpha value is -3.09. The maximum Gasteiger partial charge on any atom is 0.416 e. The third-order valence-electron chi connectivity index (χ3n) is 4.26. The van der Waals surface area contributed by atoms with Crippen LogP contribution in [0.4, 0.5) is 18.9 Å². The molecule has 2 aromatic rings. The summed E-state index contributed by atoms with van der Waals surface area (Å²) in [6.07, 6.45) is -0.532. The maximum absolute atomic E-state index is 12.5. The zero-order valence-corrected chi connectivity index (χ0v) is 16.2. The number of benzene rings is 2. The Morgan fingerprint density at radius 1 is 1.00 bits per heavy atom. The third kappa shape index (κ3) is 6.48. The van der Waals surface area contributed by atoms with Crippen LogP contribution in [-0.4, -0.2) is 18.5 Å². The van der Waals surface area contributed by atoms with E-state index in [1.54, 1.807) is 0 Å². The highest BCUT2D eigenvalue weighted by atomic mass is 19.4. The van der Waals surface area contributed by atoms with Crippen molar-refractivity contribution in [1.82, 2.24) is 0 Å². The Kier molecular flexibility index (Phi) is 7.59. The molecule has 1 N–H and O–H groups in total. The van der Waals surface area contributed by atoms with E-state index in [0.717, 1.165) is 47.9 Å². The number of alkyl halides is 3. The van der Waals surface area contributed by atoms with Gasteiger partial charge in [0.05, 0.1) is 5.56 Å². The van der Waals surface area contributed by atoms with E-state index in [-0.39, 0.29) is 0 Å². The van der Waals surface area contributed by atoms with Crippen molar-refractivity contribution in [2.45, 2.75) is 32.9 Å². The van der Waals surface area contributed by atoms with Gasteiger partial charge in [0.2, 0.25) is 0 Å². The molecule has 154 valence electrons. The molecule has 0 fully saturated rings. The Morgan fingerprint density at radius 3 is 2.10 bits per heavy atom. The highest BCUT2D eigenvalue weighted by Gasteiger charge is 2.29. The number of carbonyl (C=O) groups is 2. The van der Waals surface area contributed by atoms with Crippen molar-refractivity contribution < 1.29 is 27.5 Å². The number of para-hydroxylation sites is 1. The Labute approximate surface area is 167 Å². The lowest BCUT2D eigenvalue weighted by molar-refractivity contribution is -0.142. The number of rotatable bonds is 7. The molecule has 0 radical (unpaired) electrons. The average Bonchev–Trinajstić information content (AvgIpc) is 2.70. The fourth-order valence-electron chi connectivity index (χ4n) is 2.71. The number of halogens is 3. The highest BCUT2D eigenvalue weighted by molar-refractivity contribution is 5.95. The number of esters is 1. The van der Waals surface area contributed by atoms with E-state index in [0.29, 0.717) is 5.56 Å². The lowest BCUT2D eigenvalue weighted by atomic mass is 10.0. The predicted octanol–water partition coefficient (Wildman–Crippen LogP) is 5.03. The Bertz CT molecular complexity index is 865. The molecule has 1 amide bonds. The molecule has 0 aliphatic carbocycles. The first-order chi connectivity index (χ1) is 13.7. The van der Waals surface area contributed by atoms with E-state index >= 15 is 0 Å². The molecule has 0 aliphatic heterocycles. The molecule has 0 heterocycles. The number of nitrogens with one attached hydrogen (secondary N) is 1. The summed E-state index contributed by atoms with van der Waals surface area (Å²) in [5, 5.41) is 2.78. The first-order valence-electron chi connectivity index (χ1n) is 9.17. The molecule has 7 heteroatoms. The second kappa shape index (κ2) is 9.91. The van der Waals surface area contributed by atoms with Crippen LogP contribution >= 0.6 is 0 Å². The lowest BCUT2D eigenvalue weighted by Gasteiger charge is -2.14. The molecule has 0 bridgehead atoms. The van der Waals surface area contributed by atoms with Gasteiger partial charge in [0, 0.05) is 11.8 Å². The first-order valence-corrected chi connectivity index (χ1v) is 9.17. The number of anilines is 1. The van der Waals surface area contributed by atoms with Crippen LogP contribution < -0.4 is 5.32 Å². The van der Waals surface area contributed by atoms with E-state index in [4.69, 9.17) is 4.74 Å². The highest BCUT2D eigenvalue weighted by Crippen LogP contribution is 2.29. The standard InChI is InChI=1S/C22H22F3NO3/c1-3-16-6-5-7-17(4-2)21(16)26-19(27)14-29-20(28)13-10-15-8-11-18(12-9-15)22(23,24)25/h5-13H,3-4,14H2,1-2H3,(H,26,27)/b13-10+. The molecule has 0 aliphatic rings. The molecule has 0 atom stereocenters. The van der Waals surface area contributed by atoms with Crippen LogP contribution in [-0.2, 0) is 33.3 Å². The van der Waals surface area contributed by atoms with Crippen molar-refractivity contribution >= 4 is 23.6 Å². The second-order valence-electron chi connectivity index (χ2n) is 6.27. The molecular weight excluding hydrogens is 383 g/mol. The van der Waals surface area contributed by atoms with Crippen LogP contribution in [0, 0.1) is 0 Å². The lowest BCUT2D eigenvalue weighted by Crippen LogP contribution is -2.21. The number of hydrogen-bond donors (Lipinski definition) is 1. The summed E-state index contributed by atoms with van der Waals surface area (Å²) < 4.78 is 42.5. The molecule has 4 nitrogen and oxygen atoms in total. The summed E-state index contributed by atoms with van der Waals surface area (Å²) in [7, 11) is 0. The van der Waals surface area contributed by atoms with E-state index < -0.39 is 30.2 Å². The molecule has 0 aromatic heterocycles. The van der Waals surface area contributed by atoms with E-state index in [9.17, 15) is 22.8 Å². The molecule has 0 unspecified atom stereocenters. The minimum Gasteiger partial charge on any atom is -0.452 e. The van der Waals surface area contributed by atoms with Gasteiger partial charge in [-0.3, -0.25) is 4.79 Å². The Balaban J connectivity index is 1.91. The molecule has 2 rings (SSSR count). The summed E-state index contributed by atoms with van der Waals surface area (Å²) in [6.45, 7) is 3.50. The summed E-state index contributed by atoms with van der Waals surface area (Å²) in [5.41, 5.74) is 2.35. The molecule has 0 saturated heterocycles. The van der Waals surface area contributed by atoms with Gasteiger partial charge in [-0.15, -0.1) is 0 Å². The van der Waals surface area contributed by atoms with Gasteiger partial charge >= 0.3 is 12.1 Å². The number of hydrogen-bond acceptors (Lipinski definition) is 3. The van der Waals surface area contributed by atoms with Gasteiger partial charge in [-0.1, -0.05) is 44.2 Å². The van der Waals surface area contributed by atoms with Gasteiger partial charge in [0.1, 0.15) is 0 Å². The van der Waals surface area contributed by atoms with Crippen LogP contribution in [0.1, 0.15) is 36.1 Å². The first kappa shape index (κ1) is 22.2. The van der Waals surface area contributed by atoms with Crippen molar-refractivity contribution in [1.29, 1.82) is 0 Å². The normalized spacial score (nSPS) is 11.5. The largest absolute Gasteiger partial charge is 0.452 e. The molecule has 29 heavy (non-hydrogen) atoms. The third-order valence-corrected chi connectivity index (χ3v) is 4.26. The SMILES string of the molecule is CCc1cccc(CC)c1NC(=O)COC(=O)/C=C/c1ccc(C(F)(F)F)cc1. The number of carbonyl (C=O) groups excluding carboxylic acids is 2. The smallest absolute Gasteiger partial charge is 0.416 e. The maximum atomic E-state index is 12.5. The predicted molar refractivity (Wildman–Crippen MR) is 105 cm³/mol. The van der Waals surface area contributed by atoms with Gasteiger partial charge in [-0.05, 0) is 47.7 Å². The van der Waals surface area contributed by atoms with E-state index in [1.807, 2.05) is 32.0 Å². The van der Waals surface area contributed by atoms with Crippen LogP contribution in [0.15, 0.2) is 48.5 Å². The number of amides is 1. The fraction of sp³-hybridized carbons (Fsp3) is 0.273. The van der Waals surface area contributed by atoms with Crippen molar-refractivity contribution in [2.75, 3.05) is 11.9 Å². The molecule has 2 aromatic carbocycles. The summed E-state index contributed by atoms with van der Waals surface area (Å²) >= 11 is 0. The molecule has 0 saturated carbocycles. The van der Waals surface area contributed by atoms with Crippen LogP contribution in [0.2, 0.25) is 0 Å². The van der Waals surface area contributed by atoms with E-state index in [2.05, 4.69) is 5.32 Å². The van der Waals surface area contributed by atoms with Crippen LogP contribution in [0.5, 0.6) is 0 Å². The minimum atomic E-state index is -4.41. The average molecular weight is 405 g/mol. The van der Waals surface area contributed by atoms with Crippen molar-refractivity contribution in [2.24, 2.45) is 0 Å². The van der Waals surface area contributed by atoms with Crippen molar-refractivity contribution in [3.63, 3.8) is 0 Å². The minimum absolute atomic E-state index is 0.406. The monoisotopic (exact) mass is 405 g/mol. The quantitative estimate of drug-likeness (QED) is 0.520.